The average molecular weight is 792 g/mol. The molecule has 2 N–H and O–H groups in total. The first-order valence-corrected chi connectivity index (χ1v) is 21.0. The largest absolute Gasteiger partial charge is 0.383 e. The van der Waals surface area contributed by atoms with Gasteiger partial charge in [-0.05, 0) is 115 Å². The molecule has 0 bridgehead atoms. The number of benzene rings is 5. The zero-order valence-corrected chi connectivity index (χ0v) is 34.3. The molecule has 5 aromatic carbocycles. The van der Waals surface area contributed by atoms with Crippen LogP contribution in [-0.2, 0) is 12.8 Å². The van der Waals surface area contributed by atoms with E-state index in [1.165, 1.54) is 22.2 Å². The van der Waals surface area contributed by atoms with Crippen molar-refractivity contribution in [2.45, 2.75) is 57.5 Å². The first-order chi connectivity index (χ1) is 29.9. The minimum atomic E-state index is -0.286. The molecule has 0 aliphatic heterocycles. The molecular formula is C54H45N7. The Balaban J connectivity index is 1.16. The van der Waals surface area contributed by atoms with Crippen LogP contribution in [0.5, 0.6) is 0 Å². The molecule has 7 aromatic rings. The number of fused-ring (bicyclic) bond motifs is 6. The molecule has 9 rings (SSSR count). The van der Waals surface area contributed by atoms with Crippen molar-refractivity contribution in [2.24, 2.45) is 15.7 Å². The molecule has 2 aliphatic rings. The van der Waals surface area contributed by atoms with Gasteiger partial charge in [-0.3, -0.25) is 4.98 Å². The molecule has 2 heterocycles. The van der Waals surface area contributed by atoms with E-state index in [9.17, 15) is 10.5 Å². The van der Waals surface area contributed by atoms with Gasteiger partial charge in [-0.25, -0.2) is 9.98 Å². The van der Waals surface area contributed by atoms with Crippen molar-refractivity contribution in [1.82, 2.24) is 9.55 Å². The van der Waals surface area contributed by atoms with Crippen LogP contribution in [0.25, 0.3) is 39.2 Å². The molecule has 2 aliphatic carbocycles. The third-order valence-electron chi connectivity index (χ3n) is 12.2. The minimum absolute atomic E-state index is 0.0363. The Morgan fingerprint density at radius 2 is 1.52 bits per heavy atom. The van der Waals surface area contributed by atoms with Gasteiger partial charge in [0, 0.05) is 45.2 Å². The fraction of sp³-hybridized carbons (Fsp3) is 0.167. The van der Waals surface area contributed by atoms with Crippen LogP contribution in [0.3, 0.4) is 0 Å². The molecule has 296 valence electrons. The first-order valence-electron chi connectivity index (χ1n) is 21.0. The molecule has 0 amide bonds. The van der Waals surface area contributed by atoms with Crippen molar-refractivity contribution in [3.05, 3.63) is 202 Å². The second-order valence-corrected chi connectivity index (χ2v) is 15.9. The van der Waals surface area contributed by atoms with Gasteiger partial charge < -0.3 is 10.3 Å². The predicted molar refractivity (Wildman–Crippen MR) is 247 cm³/mol. The Hall–Kier alpha value is -7.61. The van der Waals surface area contributed by atoms with E-state index in [1.807, 2.05) is 85.1 Å². The third kappa shape index (κ3) is 7.71. The lowest BCUT2D eigenvalue weighted by Gasteiger charge is -2.24. The van der Waals surface area contributed by atoms with Crippen molar-refractivity contribution in [3.63, 3.8) is 0 Å². The predicted octanol–water partition coefficient (Wildman–Crippen LogP) is 11.8. The number of aromatic nitrogens is 2. The lowest BCUT2D eigenvalue weighted by molar-refractivity contribution is 0.564. The number of nitriles is 2. The summed E-state index contributed by atoms with van der Waals surface area (Å²) in [5, 5.41) is 20.8. The number of aliphatic imine (C=N–C) groups is 2. The number of amidine groups is 2. The van der Waals surface area contributed by atoms with Crippen molar-refractivity contribution < 1.29 is 0 Å². The number of rotatable bonds is 6. The smallest absolute Gasteiger partial charge is 0.159 e. The minimum Gasteiger partial charge on any atom is -0.383 e. The molecule has 7 nitrogen and oxygen atoms in total. The Labute approximate surface area is 357 Å². The highest BCUT2D eigenvalue weighted by Crippen LogP contribution is 2.46. The van der Waals surface area contributed by atoms with Crippen LogP contribution in [0.2, 0.25) is 0 Å². The zero-order valence-electron chi connectivity index (χ0n) is 34.3. The molecule has 7 heteroatoms. The number of allylic oxidation sites excluding steroid dienone is 3. The van der Waals surface area contributed by atoms with Gasteiger partial charge in [0.25, 0.3) is 0 Å². The van der Waals surface area contributed by atoms with Crippen LogP contribution in [0.15, 0.2) is 162 Å². The van der Waals surface area contributed by atoms with Crippen LogP contribution >= 0.6 is 0 Å². The van der Waals surface area contributed by atoms with E-state index in [-0.39, 0.29) is 18.0 Å². The van der Waals surface area contributed by atoms with Gasteiger partial charge in [-0.15, -0.1) is 0 Å². The Kier molecular flexibility index (Phi) is 10.8. The summed E-state index contributed by atoms with van der Waals surface area (Å²) in [5.41, 5.74) is 20.7. The summed E-state index contributed by atoms with van der Waals surface area (Å²) < 4.78 is 2.39. The van der Waals surface area contributed by atoms with Crippen LogP contribution in [0.4, 0.5) is 0 Å². The normalized spacial score (nSPS) is 17.3. The highest BCUT2D eigenvalue weighted by molar-refractivity contribution is 6.11. The number of nitrogens with two attached hydrogens (primary N) is 1. The maximum atomic E-state index is 9.80. The standard InChI is InChI=1S/C54H45N7/c1-35-44-24-22-41(30-48(44)45-20-14-26-58-50(45)32-47(35)43-28-37(33-55)27-38(29-43)34-56)42-23-25-52-49(31-42)46-19-12-4-3-5-13-21-51(46)61(52)36(2)59-54(40-17-10-7-11-18-40)60-53(57)39-15-8-6-9-16-39/h3-4,6-12,14-20,22-31,35-36,47H,5,13,21,32H2,1-2H3,(H2,57,59,60)/b4-3+,19-12?. The topological polar surface area (TPSA) is 116 Å². The van der Waals surface area contributed by atoms with E-state index >= 15 is 0 Å². The summed E-state index contributed by atoms with van der Waals surface area (Å²) in [5.74, 6) is 1.14. The van der Waals surface area contributed by atoms with Gasteiger partial charge in [-0.2, -0.15) is 10.5 Å². The number of hydrogen-bond acceptors (Lipinski definition) is 4. The summed E-state index contributed by atoms with van der Waals surface area (Å²) in [7, 11) is 0. The van der Waals surface area contributed by atoms with Crippen LogP contribution in [0, 0.1) is 22.7 Å². The van der Waals surface area contributed by atoms with E-state index < -0.39 is 0 Å². The van der Waals surface area contributed by atoms with Gasteiger partial charge in [0.2, 0.25) is 0 Å². The summed E-state index contributed by atoms with van der Waals surface area (Å²) in [6.45, 7) is 4.40. The first kappa shape index (κ1) is 38.9. The van der Waals surface area contributed by atoms with Gasteiger partial charge in [0.05, 0.1) is 28.8 Å². The molecular weight excluding hydrogens is 747 g/mol. The summed E-state index contributed by atoms with van der Waals surface area (Å²) in [6, 6.07) is 47.8. The average Bonchev–Trinajstić information content (AvgIpc) is 3.61. The van der Waals surface area contributed by atoms with Gasteiger partial charge >= 0.3 is 0 Å². The second-order valence-electron chi connectivity index (χ2n) is 15.9. The molecule has 0 saturated carbocycles. The van der Waals surface area contributed by atoms with Crippen molar-refractivity contribution in [2.75, 3.05) is 0 Å². The quantitative estimate of drug-likeness (QED) is 0.133. The lowest BCUT2D eigenvalue weighted by atomic mass is 9.79. The summed E-state index contributed by atoms with van der Waals surface area (Å²) in [6.07, 6.45) is 14.0. The van der Waals surface area contributed by atoms with E-state index in [0.717, 1.165) is 69.4 Å². The summed E-state index contributed by atoms with van der Waals surface area (Å²) >= 11 is 0. The van der Waals surface area contributed by atoms with Crippen molar-refractivity contribution >= 4 is 28.7 Å². The monoisotopic (exact) mass is 791 g/mol. The van der Waals surface area contributed by atoms with E-state index in [4.69, 9.17) is 20.7 Å². The fourth-order valence-electron chi connectivity index (χ4n) is 9.15. The Morgan fingerprint density at radius 1 is 0.803 bits per heavy atom. The zero-order chi connectivity index (χ0) is 41.9. The molecule has 3 atom stereocenters. The summed E-state index contributed by atoms with van der Waals surface area (Å²) in [4.78, 5) is 15.2. The third-order valence-corrected chi connectivity index (χ3v) is 12.2. The molecule has 0 fully saturated rings. The molecule has 2 aromatic heterocycles. The van der Waals surface area contributed by atoms with Gasteiger partial charge in [0.15, 0.2) is 5.84 Å². The maximum Gasteiger partial charge on any atom is 0.159 e. The van der Waals surface area contributed by atoms with Crippen molar-refractivity contribution in [3.8, 4) is 34.4 Å². The number of nitrogens with zero attached hydrogens (tertiary/aromatic N) is 6. The van der Waals surface area contributed by atoms with Crippen molar-refractivity contribution in [1.29, 1.82) is 10.5 Å². The second kappa shape index (κ2) is 16.9. The fourth-order valence-corrected chi connectivity index (χ4v) is 9.15. The van der Waals surface area contributed by atoms with Gasteiger partial charge in [-0.1, -0.05) is 116 Å². The molecule has 3 unspecified atom stereocenters. The van der Waals surface area contributed by atoms with Crippen LogP contribution in [0.1, 0.15) is 95.0 Å². The number of pyridine rings is 1. The van der Waals surface area contributed by atoms with E-state index in [2.05, 4.69) is 97.3 Å². The Bertz CT molecular complexity index is 2960. The van der Waals surface area contributed by atoms with E-state index in [0.29, 0.717) is 29.2 Å². The lowest BCUT2D eigenvalue weighted by Crippen LogP contribution is -2.17. The van der Waals surface area contributed by atoms with Crippen LogP contribution < -0.4 is 5.73 Å². The molecule has 61 heavy (non-hydrogen) atoms. The van der Waals surface area contributed by atoms with Gasteiger partial charge in [0.1, 0.15) is 12.0 Å². The molecule has 0 spiro atoms. The van der Waals surface area contributed by atoms with E-state index in [1.54, 1.807) is 6.07 Å². The number of hydrogen-bond donors (Lipinski definition) is 1. The maximum absolute atomic E-state index is 9.80. The SMILES string of the molecule is CC1c2ccc(-c3ccc4c(c3)c3c(n4C(C)N=C(N=C(N)c4ccccc4)c4ccccc4)CCC/C=C/C=C3)cc2-c2cccnc2CC1c1cc(C#N)cc(C#N)c1. The van der Waals surface area contributed by atoms with Crippen LogP contribution in [-0.4, -0.2) is 21.2 Å². The highest BCUT2D eigenvalue weighted by Gasteiger charge is 2.30. The molecule has 0 saturated heterocycles. The molecule has 0 radical (unpaired) electrons. The highest BCUT2D eigenvalue weighted by atomic mass is 15.2. The Morgan fingerprint density at radius 3 is 2.28 bits per heavy atom.